The third kappa shape index (κ3) is 2.69. The number of hydrogen-bond donors (Lipinski definition) is 1. The zero-order valence-corrected chi connectivity index (χ0v) is 10.7. The van der Waals surface area contributed by atoms with Crippen LogP contribution in [0.15, 0.2) is 12.4 Å². The predicted molar refractivity (Wildman–Crippen MR) is 65.9 cm³/mol. The molecule has 1 aliphatic rings. The van der Waals surface area contributed by atoms with Crippen molar-refractivity contribution >= 4 is 6.09 Å². The number of nitrogens with two attached hydrogens (primary N) is 1. The lowest BCUT2D eigenvalue weighted by molar-refractivity contribution is 0.0537. The number of aryl methyl sites for hydroxylation is 1. The van der Waals surface area contributed by atoms with Crippen molar-refractivity contribution in [3.8, 4) is 0 Å². The van der Waals surface area contributed by atoms with Gasteiger partial charge >= 0.3 is 6.09 Å². The maximum Gasteiger partial charge on any atom is 0.418 e. The maximum absolute atomic E-state index is 11.9. The monoisotopic (exact) mass is 236 g/mol. The van der Waals surface area contributed by atoms with Crippen LogP contribution in [0.3, 0.4) is 0 Å². The summed E-state index contributed by atoms with van der Waals surface area (Å²) in [6.45, 7) is 5.58. The first-order chi connectivity index (χ1) is 7.87. The molecule has 0 aromatic carbocycles. The van der Waals surface area contributed by atoms with Gasteiger partial charge in [-0.3, -0.25) is 4.57 Å². The molecule has 2 rings (SSSR count). The summed E-state index contributed by atoms with van der Waals surface area (Å²) in [5.74, 6) is 0. The minimum atomic E-state index is -0.468. The van der Waals surface area contributed by atoms with Gasteiger partial charge in [-0.1, -0.05) is 0 Å². The summed E-state index contributed by atoms with van der Waals surface area (Å²) >= 11 is 0. The van der Waals surface area contributed by atoms with Crippen LogP contribution < -0.4 is 5.73 Å². The summed E-state index contributed by atoms with van der Waals surface area (Å²) in [4.78, 5) is 11.9. The summed E-state index contributed by atoms with van der Waals surface area (Å²) in [5.41, 5.74) is 7.81. The van der Waals surface area contributed by atoms with Gasteiger partial charge in [0.15, 0.2) is 0 Å². The Kier molecular flexibility index (Phi) is 3.00. The van der Waals surface area contributed by atoms with Gasteiger partial charge in [-0.15, -0.1) is 0 Å². The van der Waals surface area contributed by atoms with Crippen LogP contribution in [0.2, 0.25) is 0 Å². The fourth-order valence-electron chi connectivity index (χ4n) is 2.14. The number of nitrogens with zero attached hydrogens (tertiary/aromatic N) is 1. The van der Waals surface area contributed by atoms with Gasteiger partial charge in [-0.05, 0) is 51.2 Å². The van der Waals surface area contributed by atoms with Crippen LogP contribution >= 0.6 is 0 Å². The van der Waals surface area contributed by atoms with E-state index in [2.05, 4.69) is 0 Å². The molecule has 1 aromatic rings. The van der Waals surface area contributed by atoms with Gasteiger partial charge in [-0.25, -0.2) is 4.79 Å². The van der Waals surface area contributed by atoms with E-state index in [-0.39, 0.29) is 12.1 Å². The lowest BCUT2D eigenvalue weighted by atomic mass is 9.92. The van der Waals surface area contributed by atoms with Crippen molar-refractivity contribution in [2.75, 3.05) is 0 Å². The van der Waals surface area contributed by atoms with E-state index in [1.807, 2.05) is 33.2 Å². The molecule has 0 amide bonds. The molecule has 0 aliphatic heterocycles. The molecule has 0 bridgehead atoms. The molecule has 1 atom stereocenters. The van der Waals surface area contributed by atoms with Crippen LogP contribution in [0.4, 0.5) is 4.79 Å². The van der Waals surface area contributed by atoms with Crippen molar-refractivity contribution in [1.82, 2.24) is 4.57 Å². The van der Waals surface area contributed by atoms with Crippen molar-refractivity contribution in [3.05, 3.63) is 23.5 Å². The second-order valence-corrected chi connectivity index (χ2v) is 5.63. The molecule has 1 aromatic heterocycles. The number of fused-ring (bicyclic) bond motifs is 1. The largest absolute Gasteiger partial charge is 0.443 e. The van der Waals surface area contributed by atoms with E-state index in [1.54, 1.807) is 0 Å². The van der Waals surface area contributed by atoms with E-state index >= 15 is 0 Å². The third-order valence-electron chi connectivity index (χ3n) is 2.91. The first-order valence-corrected chi connectivity index (χ1v) is 6.06. The van der Waals surface area contributed by atoms with Crippen molar-refractivity contribution in [3.63, 3.8) is 0 Å². The Bertz CT molecular complexity index is 429. The van der Waals surface area contributed by atoms with Crippen LogP contribution in [-0.2, 0) is 11.2 Å². The lowest BCUT2D eigenvalue weighted by Crippen LogP contribution is -2.26. The maximum atomic E-state index is 11.9. The minimum absolute atomic E-state index is 0.0578. The average Bonchev–Trinajstić information content (AvgIpc) is 2.60. The molecule has 4 nitrogen and oxygen atoms in total. The first kappa shape index (κ1) is 12.2. The van der Waals surface area contributed by atoms with Crippen molar-refractivity contribution in [2.45, 2.75) is 51.7 Å². The van der Waals surface area contributed by atoms with E-state index in [0.29, 0.717) is 0 Å². The van der Waals surface area contributed by atoms with E-state index in [4.69, 9.17) is 10.5 Å². The standard InChI is InChI=1S/C13H20N2O2/c1-13(2,3)17-12(16)15-7-9-5-4-6-11(14)10(9)8-15/h7-8,11H,4-6,14H2,1-3H3. The van der Waals surface area contributed by atoms with Crippen LogP contribution in [0.1, 0.15) is 50.8 Å². The molecule has 1 aliphatic carbocycles. The first-order valence-electron chi connectivity index (χ1n) is 6.06. The zero-order chi connectivity index (χ0) is 12.6. The van der Waals surface area contributed by atoms with E-state index in [9.17, 15) is 4.79 Å². The fraction of sp³-hybridized carbons (Fsp3) is 0.615. The zero-order valence-electron chi connectivity index (χ0n) is 10.7. The van der Waals surface area contributed by atoms with Gasteiger partial charge in [0.05, 0.1) is 0 Å². The summed E-state index contributed by atoms with van der Waals surface area (Å²) < 4.78 is 6.83. The molecule has 94 valence electrons. The second kappa shape index (κ2) is 4.18. The summed E-state index contributed by atoms with van der Waals surface area (Å²) in [6, 6.07) is 0.0578. The van der Waals surface area contributed by atoms with E-state index in [0.717, 1.165) is 24.8 Å². The number of carbonyl (C=O) groups is 1. The molecule has 1 unspecified atom stereocenters. The second-order valence-electron chi connectivity index (χ2n) is 5.63. The van der Waals surface area contributed by atoms with Gasteiger partial charge in [0.25, 0.3) is 0 Å². The van der Waals surface area contributed by atoms with Gasteiger partial charge in [0, 0.05) is 18.4 Å². The number of ether oxygens (including phenoxy) is 1. The Morgan fingerprint density at radius 3 is 2.76 bits per heavy atom. The quantitative estimate of drug-likeness (QED) is 0.753. The molecule has 4 heteroatoms. The van der Waals surface area contributed by atoms with Crippen molar-refractivity contribution in [1.29, 1.82) is 0 Å². The van der Waals surface area contributed by atoms with Crippen LogP contribution in [0.25, 0.3) is 0 Å². The molecular formula is C13H20N2O2. The molecule has 0 radical (unpaired) electrons. The highest BCUT2D eigenvalue weighted by atomic mass is 16.6. The number of rotatable bonds is 0. The Labute approximate surface area is 102 Å². The van der Waals surface area contributed by atoms with Crippen LogP contribution in [0.5, 0.6) is 0 Å². The minimum Gasteiger partial charge on any atom is -0.443 e. The van der Waals surface area contributed by atoms with Crippen LogP contribution in [-0.4, -0.2) is 16.3 Å². The Morgan fingerprint density at radius 2 is 2.18 bits per heavy atom. The Hall–Kier alpha value is -1.29. The molecule has 0 saturated carbocycles. The van der Waals surface area contributed by atoms with E-state index < -0.39 is 5.60 Å². The SMILES string of the molecule is CC(C)(C)OC(=O)n1cc2c(c1)C(N)CCC2. The fourth-order valence-corrected chi connectivity index (χ4v) is 2.14. The van der Waals surface area contributed by atoms with Crippen LogP contribution in [0, 0.1) is 0 Å². The normalized spacial score (nSPS) is 19.9. The highest BCUT2D eigenvalue weighted by molar-refractivity contribution is 5.71. The molecule has 0 spiro atoms. The van der Waals surface area contributed by atoms with E-state index in [1.165, 1.54) is 10.1 Å². The molecule has 2 N–H and O–H groups in total. The Balaban J connectivity index is 2.20. The molecule has 0 saturated heterocycles. The van der Waals surface area contributed by atoms with Gasteiger partial charge < -0.3 is 10.5 Å². The molecule has 0 fully saturated rings. The van der Waals surface area contributed by atoms with Gasteiger partial charge in [0.2, 0.25) is 0 Å². The number of hydrogen-bond acceptors (Lipinski definition) is 3. The van der Waals surface area contributed by atoms with Gasteiger partial charge in [-0.2, -0.15) is 0 Å². The summed E-state index contributed by atoms with van der Waals surface area (Å²) in [5, 5.41) is 0. The molecular weight excluding hydrogens is 216 g/mol. The highest BCUT2D eigenvalue weighted by Crippen LogP contribution is 2.28. The molecule has 17 heavy (non-hydrogen) atoms. The lowest BCUT2D eigenvalue weighted by Gasteiger charge is -2.19. The van der Waals surface area contributed by atoms with Gasteiger partial charge in [0.1, 0.15) is 5.60 Å². The third-order valence-corrected chi connectivity index (χ3v) is 2.91. The van der Waals surface area contributed by atoms with Crippen molar-refractivity contribution in [2.24, 2.45) is 5.73 Å². The average molecular weight is 236 g/mol. The number of carbonyl (C=O) groups excluding carboxylic acids is 1. The topological polar surface area (TPSA) is 57.2 Å². The molecule has 1 heterocycles. The van der Waals surface area contributed by atoms with Crippen molar-refractivity contribution < 1.29 is 9.53 Å². The Morgan fingerprint density at radius 1 is 1.47 bits per heavy atom. The number of aromatic nitrogens is 1. The summed E-state index contributed by atoms with van der Waals surface area (Å²) in [6.07, 6.45) is 6.41. The summed E-state index contributed by atoms with van der Waals surface area (Å²) in [7, 11) is 0. The smallest absolute Gasteiger partial charge is 0.418 e. The predicted octanol–water partition coefficient (Wildman–Crippen LogP) is 2.61. The highest BCUT2D eigenvalue weighted by Gasteiger charge is 2.23.